The summed E-state index contributed by atoms with van der Waals surface area (Å²) >= 11 is 5.89. The number of aromatic nitrogens is 2. The van der Waals surface area contributed by atoms with Crippen molar-refractivity contribution < 1.29 is 9.18 Å². The Morgan fingerprint density at radius 1 is 1.47 bits per heavy atom. The van der Waals surface area contributed by atoms with Gasteiger partial charge in [0.2, 0.25) is 0 Å². The Morgan fingerprint density at radius 3 is 2.89 bits per heavy atom. The molecule has 0 N–H and O–H groups in total. The van der Waals surface area contributed by atoms with Crippen LogP contribution in [0.5, 0.6) is 0 Å². The summed E-state index contributed by atoms with van der Waals surface area (Å²) in [6, 6.07) is 4.10. The fourth-order valence-corrected chi connectivity index (χ4v) is 2.08. The van der Waals surface area contributed by atoms with Gasteiger partial charge in [-0.2, -0.15) is 5.10 Å². The number of hydrogen-bond acceptors (Lipinski definition) is 2. The lowest BCUT2D eigenvalue weighted by Gasteiger charge is -2.03. The summed E-state index contributed by atoms with van der Waals surface area (Å²) in [5.41, 5.74) is 1.69. The molecular weight excluding hydrogens is 267 g/mol. The van der Waals surface area contributed by atoms with Gasteiger partial charge in [-0.05, 0) is 29.7 Å². The van der Waals surface area contributed by atoms with Gasteiger partial charge in [-0.3, -0.25) is 9.48 Å². The Bertz CT molecular complexity index is 595. The quantitative estimate of drug-likeness (QED) is 0.844. The van der Waals surface area contributed by atoms with E-state index in [4.69, 9.17) is 11.6 Å². The number of Topliss-reactive ketones (excluding diaryl/α,β-unsaturated/α-hetero) is 1. The van der Waals surface area contributed by atoms with E-state index in [1.165, 1.54) is 12.1 Å². The van der Waals surface area contributed by atoms with E-state index in [2.05, 4.69) is 5.10 Å². The van der Waals surface area contributed by atoms with Gasteiger partial charge >= 0.3 is 0 Å². The average Bonchev–Trinajstić information content (AvgIpc) is 2.76. The minimum Gasteiger partial charge on any atom is -0.299 e. The summed E-state index contributed by atoms with van der Waals surface area (Å²) < 4.78 is 14.6. The molecule has 0 saturated heterocycles. The van der Waals surface area contributed by atoms with E-state index in [1.54, 1.807) is 16.9 Å². The zero-order valence-electron chi connectivity index (χ0n) is 10.6. The zero-order valence-corrected chi connectivity index (χ0v) is 11.3. The van der Waals surface area contributed by atoms with Crippen molar-refractivity contribution in [2.45, 2.75) is 19.3 Å². The third-order valence-electron chi connectivity index (χ3n) is 2.85. The molecule has 0 unspecified atom stereocenters. The topological polar surface area (TPSA) is 34.9 Å². The van der Waals surface area contributed by atoms with Crippen molar-refractivity contribution in [2.24, 2.45) is 7.05 Å². The van der Waals surface area contributed by atoms with Crippen molar-refractivity contribution in [1.29, 1.82) is 0 Å². The molecule has 100 valence electrons. The fourth-order valence-electron chi connectivity index (χ4n) is 1.85. The summed E-state index contributed by atoms with van der Waals surface area (Å²) in [5.74, 6) is -0.311. The van der Waals surface area contributed by atoms with Crippen LogP contribution in [0.2, 0.25) is 5.02 Å². The van der Waals surface area contributed by atoms with E-state index in [-0.39, 0.29) is 12.2 Å². The van der Waals surface area contributed by atoms with Crippen LogP contribution in [-0.4, -0.2) is 15.6 Å². The van der Waals surface area contributed by atoms with Gasteiger partial charge in [-0.15, -0.1) is 0 Å². The molecule has 2 rings (SSSR count). The highest BCUT2D eigenvalue weighted by molar-refractivity contribution is 6.31. The van der Waals surface area contributed by atoms with Crippen LogP contribution in [0.3, 0.4) is 0 Å². The van der Waals surface area contributed by atoms with E-state index in [0.717, 1.165) is 5.56 Å². The van der Waals surface area contributed by atoms with Crippen LogP contribution in [0.4, 0.5) is 4.39 Å². The van der Waals surface area contributed by atoms with E-state index in [0.29, 0.717) is 23.4 Å². The van der Waals surface area contributed by atoms with Crippen molar-refractivity contribution >= 4 is 17.4 Å². The largest absolute Gasteiger partial charge is 0.299 e. The molecule has 0 aliphatic heterocycles. The number of carbonyl (C=O) groups is 1. The summed E-state index contributed by atoms with van der Waals surface area (Å²) in [6.45, 7) is 0. The Hall–Kier alpha value is -1.68. The van der Waals surface area contributed by atoms with Crippen molar-refractivity contribution in [3.8, 4) is 0 Å². The molecule has 0 saturated carbocycles. The fraction of sp³-hybridized carbons (Fsp3) is 0.286. The third kappa shape index (κ3) is 3.89. The van der Waals surface area contributed by atoms with Crippen LogP contribution in [-0.2, 0) is 24.7 Å². The second kappa shape index (κ2) is 5.97. The van der Waals surface area contributed by atoms with Gasteiger partial charge in [-0.1, -0.05) is 17.7 Å². The minimum atomic E-state index is -0.392. The van der Waals surface area contributed by atoms with Gasteiger partial charge in [0.1, 0.15) is 11.6 Å². The summed E-state index contributed by atoms with van der Waals surface area (Å²) in [6.07, 6.45) is 4.96. The Balaban J connectivity index is 1.90. The molecule has 0 radical (unpaired) electrons. The number of ketones is 1. The average molecular weight is 281 g/mol. The molecule has 19 heavy (non-hydrogen) atoms. The number of nitrogens with zero attached hydrogens (tertiary/aromatic N) is 2. The molecule has 0 fully saturated rings. The lowest BCUT2D eigenvalue weighted by atomic mass is 10.0. The molecule has 1 heterocycles. The van der Waals surface area contributed by atoms with Crippen molar-refractivity contribution in [2.75, 3.05) is 0 Å². The molecule has 0 aliphatic carbocycles. The van der Waals surface area contributed by atoms with Crippen LogP contribution < -0.4 is 0 Å². The second-order valence-electron chi connectivity index (χ2n) is 4.47. The second-order valence-corrected chi connectivity index (χ2v) is 4.88. The van der Waals surface area contributed by atoms with Crippen LogP contribution in [0.15, 0.2) is 30.6 Å². The Morgan fingerprint density at radius 2 is 2.26 bits per heavy atom. The molecule has 3 nitrogen and oxygen atoms in total. The standard InChI is InChI=1S/C14H14ClFN2O/c1-18-9-10(8-17-18)2-5-13(19)6-11-3-4-12(16)7-14(11)15/h3-4,7-9H,2,5-6H2,1H3. The monoisotopic (exact) mass is 280 g/mol. The van der Waals surface area contributed by atoms with E-state index in [9.17, 15) is 9.18 Å². The smallest absolute Gasteiger partial charge is 0.137 e. The van der Waals surface area contributed by atoms with E-state index < -0.39 is 5.82 Å². The van der Waals surface area contributed by atoms with Gasteiger partial charge in [0.05, 0.1) is 6.20 Å². The molecule has 0 amide bonds. The first-order valence-corrected chi connectivity index (χ1v) is 6.35. The highest BCUT2D eigenvalue weighted by Crippen LogP contribution is 2.18. The number of hydrogen-bond donors (Lipinski definition) is 0. The molecule has 0 atom stereocenters. The zero-order chi connectivity index (χ0) is 13.8. The summed E-state index contributed by atoms with van der Waals surface area (Å²) in [5, 5.41) is 4.35. The minimum absolute atomic E-state index is 0.0809. The van der Waals surface area contributed by atoms with Gasteiger partial charge in [0, 0.05) is 31.1 Å². The number of rotatable bonds is 5. The number of carbonyl (C=O) groups excluding carboxylic acids is 1. The van der Waals surface area contributed by atoms with Crippen LogP contribution in [0, 0.1) is 5.82 Å². The van der Waals surface area contributed by atoms with Gasteiger partial charge in [0.25, 0.3) is 0 Å². The summed E-state index contributed by atoms with van der Waals surface area (Å²) in [4.78, 5) is 11.9. The predicted octanol–water partition coefficient (Wildman–Crippen LogP) is 2.96. The Kier molecular flexibility index (Phi) is 4.32. The third-order valence-corrected chi connectivity index (χ3v) is 3.21. The van der Waals surface area contributed by atoms with Crippen LogP contribution in [0.25, 0.3) is 0 Å². The molecule has 0 bridgehead atoms. The van der Waals surface area contributed by atoms with Gasteiger partial charge in [0.15, 0.2) is 0 Å². The summed E-state index contributed by atoms with van der Waals surface area (Å²) in [7, 11) is 1.84. The number of benzene rings is 1. The highest BCUT2D eigenvalue weighted by Gasteiger charge is 2.09. The molecular formula is C14H14ClFN2O. The molecule has 0 spiro atoms. The molecule has 0 aliphatic rings. The normalized spacial score (nSPS) is 10.7. The molecule has 2 aromatic rings. The first kappa shape index (κ1) is 13.7. The van der Waals surface area contributed by atoms with Gasteiger partial charge < -0.3 is 0 Å². The van der Waals surface area contributed by atoms with Gasteiger partial charge in [-0.25, -0.2) is 4.39 Å². The predicted molar refractivity (Wildman–Crippen MR) is 71.7 cm³/mol. The highest BCUT2D eigenvalue weighted by atomic mass is 35.5. The number of aryl methyl sites for hydroxylation is 2. The van der Waals surface area contributed by atoms with Crippen molar-refractivity contribution in [3.63, 3.8) is 0 Å². The maximum Gasteiger partial charge on any atom is 0.137 e. The van der Waals surface area contributed by atoms with Crippen LogP contribution >= 0.6 is 11.6 Å². The van der Waals surface area contributed by atoms with E-state index >= 15 is 0 Å². The molecule has 1 aromatic heterocycles. The molecule has 5 heteroatoms. The first-order valence-electron chi connectivity index (χ1n) is 5.98. The first-order chi connectivity index (χ1) is 9.04. The maximum absolute atomic E-state index is 12.9. The number of halogens is 2. The van der Waals surface area contributed by atoms with Crippen LogP contribution in [0.1, 0.15) is 17.5 Å². The lowest BCUT2D eigenvalue weighted by Crippen LogP contribution is -2.04. The molecule has 1 aromatic carbocycles. The SMILES string of the molecule is Cn1cc(CCC(=O)Cc2ccc(F)cc2Cl)cn1. The lowest BCUT2D eigenvalue weighted by molar-refractivity contribution is -0.118. The maximum atomic E-state index is 12.9. The Labute approximate surface area is 116 Å². The van der Waals surface area contributed by atoms with E-state index in [1.807, 2.05) is 13.2 Å². The van der Waals surface area contributed by atoms with Crippen molar-refractivity contribution in [3.05, 3.63) is 52.6 Å². The van der Waals surface area contributed by atoms with Crippen molar-refractivity contribution in [1.82, 2.24) is 9.78 Å².